The average molecular weight is 331 g/mol. The number of amides is 1. The summed E-state index contributed by atoms with van der Waals surface area (Å²) in [7, 11) is -3.32. The summed E-state index contributed by atoms with van der Waals surface area (Å²) in [6.45, 7) is 7.15. The molecule has 23 heavy (non-hydrogen) atoms. The first kappa shape index (κ1) is 17.2. The fourth-order valence-corrected chi connectivity index (χ4v) is 3.19. The molecule has 1 N–H and O–H groups in total. The molecule has 0 aliphatic rings. The third-order valence-corrected chi connectivity index (χ3v) is 5.88. The highest BCUT2D eigenvalue weighted by Gasteiger charge is 2.19. The molecule has 0 saturated heterocycles. The number of anilines is 1. The summed E-state index contributed by atoms with van der Waals surface area (Å²) in [5.74, 6) is -0.257. The molecular formula is C18H21NO3S. The zero-order valence-electron chi connectivity index (χ0n) is 13.8. The summed E-state index contributed by atoms with van der Waals surface area (Å²) in [4.78, 5) is 12.5. The molecule has 0 saturated carbocycles. The van der Waals surface area contributed by atoms with Gasteiger partial charge in [0.2, 0.25) is 0 Å². The van der Waals surface area contributed by atoms with Gasteiger partial charge in [-0.1, -0.05) is 12.1 Å². The Balaban J connectivity index is 2.23. The van der Waals surface area contributed by atoms with Crippen LogP contribution in [0.2, 0.25) is 0 Å². The number of sulfone groups is 1. The lowest BCUT2D eigenvalue weighted by Gasteiger charge is -2.11. The third-order valence-electron chi connectivity index (χ3n) is 3.71. The largest absolute Gasteiger partial charge is 0.322 e. The Morgan fingerprint density at radius 2 is 1.61 bits per heavy atom. The monoisotopic (exact) mass is 331 g/mol. The van der Waals surface area contributed by atoms with E-state index in [0.717, 1.165) is 16.8 Å². The molecule has 0 heterocycles. The van der Waals surface area contributed by atoms with Gasteiger partial charge in [-0.25, -0.2) is 8.42 Å². The molecule has 0 radical (unpaired) electrons. The second-order valence-corrected chi connectivity index (χ2v) is 8.39. The maximum Gasteiger partial charge on any atom is 0.255 e. The zero-order valence-corrected chi connectivity index (χ0v) is 14.6. The minimum Gasteiger partial charge on any atom is -0.322 e. The van der Waals surface area contributed by atoms with Crippen LogP contribution in [0, 0.1) is 13.8 Å². The van der Waals surface area contributed by atoms with E-state index in [1.54, 1.807) is 13.8 Å². The lowest BCUT2D eigenvalue weighted by atomic mass is 10.1. The van der Waals surface area contributed by atoms with Crippen molar-refractivity contribution in [2.45, 2.75) is 37.8 Å². The number of aryl methyl sites for hydroxylation is 2. The van der Waals surface area contributed by atoms with Gasteiger partial charge in [-0.15, -0.1) is 0 Å². The Labute approximate surface area is 137 Å². The van der Waals surface area contributed by atoms with Crippen LogP contribution in [-0.2, 0) is 9.84 Å². The van der Waals surface area contributed by atoms with E-state index in [9.17, 15) is 13.2 Å². The molecule has 0 unspecified atom stereocenters. The lowest BCUT2D eigenvalue weighted by Crippen LogP contribution is -2.15. The van der Waals surface area contributed by atoms with Gasteiger partial charge in [0.1, 0.15) is 0 Å². The van der Waals surface area contributed by atoms with E-state index in [0.29, 0.717) is 5.56 Å². The van der Waals surface area contributed by atoms with Gasteiger partial charge >= 0.3 is 0 Å². The lowest BCUT2D eigenvalue weighted by molar-refractivity contribution is 0.102. The molecule has 0 aromatic heterocycles. The maximum atomic E-state index is 12.3. The highest BCUT2D eigenvalue weighted by Crippen LogP contribution is 2.19. The molecule has 0 spiro atoms. The molecule has 4 nitrogen and oxygen atoms in total. The zero-order chi connectivity index (χ0) is 17.2. The van der Waals surface area contributed by atoms with Crippen LogP contribution in [0.5, 0.6) is 0 Å². The van der Waals surface area contributed by atoms with E-state index >= 15 is 0 Å². The Bertz CT molecular complexity index is 822. The van der Waals surface area contributed by atoms with Crippen LogP contribution in [0.4, 0.5) is 5.69 Å². The second-order valence-electron chi connectivity index (χ2n) is 5.89. The second kappa shape index (κ2) is 6.54. The fourth-order valence-electron chi connectivity index (χ4n) is 2.13. The molecule has 0 aliphatic carbocycles. The minimum absolute atomic E-state index is 0.232. The molecule has 0 aliphatic heterocycles. The first-order valence-corrected chi connectivity index (χ1v) is 8.99. The molecule has 0 fully saturated rings. The standard InChI is InChI=1S/C18H21NO3S/c1-12(2)23(21,22)16-9-7-15(8-10-16)18(20)19-17-11-13(3)5-6-14(17)4/h5-12H,1-4H3,(H,19,20). The van der Waals surface area contributed by atoms with Crippen LogP contribution in [0.1, 0.15) is 35.3 Å². The summed E-state index contributed by atoms with van der Waals surface area (Å²) in [5.41, 5.74) is 3.22. The molecule has 1 amide bonds. The molecule has 122 valence electrons. The first-order valence-electron chi connectivity index (χ1n) is 7.44. The van der Waals surface area contributed by atoms with Crippen LogP contribution in [0.3, 0.4) is 0 Å². The highest BCUT2D eigenvalue weighted by atomic mass is 32.2. The molecule has 2 rings (SSSR count). The quantitative estimate of drug-likeness (QED) is 0.928. The molecular weight excluding hydrogens is 310 g/mol. The van der Waals surface area contributed by atoms with Crippen molar-refractivity contribution in [1.82, 2.24) is 0 Å². The topological polar surface area (TPSA) is 63.2 Å². The predicted molar refractivity (Wildman–Crippen MR) is 92.6 cm³/mol. The SMILES string of the molecule is Cc1ccc(C)c(NC(=O)c2ccc(S(=O)(=O)C(C)C)cc2)c1. The molecule has 2 aromatic carbocycles. The van der Waals surface area contributed by atoms with Gasteiger partial charge in [0, 0.05) is 11.3 Å². The van der Waals surface area contributed by atoms with Gasteiger partial charge in [0.05, 0.1) is 10.1 Å². The normalized spacial score (nSPS) is 11.5. The van der Waals surface area contributed by atoms with Gasteiger partial charge in [0.15, 0.2) is 9.84 Å². The van der Waals surface area contributed by atoms with Crippen molar-refractivity contribution in [1.29, 1.82) is 0 Å². The number of nitrogens with one attached hydrogen (secondary N) is 1. The van der Waals surface area contributed by atoms with Gasteiger partial charge < -0.3 is 5.32 Å². The van der Waals surface area contributed by atoms with E-state index in [1.807, 2.05) is 32.0 Å². The van der Waals surface area contributed by atoms with E-state index in [2.05, 4.69) is 5.32 Å². The fraction of sp³-hybridized carbons (Fsp3) is 0.278. The van der Waals surface area contributed by atoms with E-state index in [4.69, 9.17) is 0 Å². The van der Waals surface area contributed by atoms with Crippen LogP contribution < -0.4 is 5.32 Å². The van der Waals surface area contributed by atoms with Gasteiger partial charge in [-0.2, -0.15) is 0 Å². The Hall–Kier alpha value is -2.14. The Morgan fingerprint density at radius 3 is 2.17 bits per heavy atom. The van der Waals surface area contributed by atoms with Crippen LogP contribution in [0.25, 0.3) is 0 Å². The number of hydrogen-bond donors (Lipinski definition) is 1. The number of hydrogen-bond acceptors (Lipinski definition) is 3. The summed E-state index contributed by atoms with van der Waals surface area (Å²) in [6, 6.07) is 11.9. The van der Waals surface area contributed by atoms with Crippen molar-refractivity contribution in [2.24, 2.45) is 0 Å². The van der Waals surface area contributed by atoms with Crippen molar-refractivity contribution < 1.29 is 13.2 Å². The van der Waals surface area contributed by atoms with Gasteiger partial charge in [0.25, 0.3) is 5.91 Å². The number of benzene rings is 2. The van der Waals surface area contributed by atoms with E-state index < -0.39 is 15.1 Å². The number of carbonyl (C=O) groups excluding carboxylic acids is 1. The Kier molecular flexibility index (Phi) is 4.90. The first-order chi connectivity index (χ1) is 10.7. The summed E-state index contributed by atoms with van der Waals surface area (Å²) in [5, 5.41) is 2.37. The maximum absolute atomic E-state index is 12.3. The summed E-state index contributed by atoms with van der Waals surface area (Å²) in [6.07, 6.45) is 0. The molecule has 0 bridgehead atoms. The smallest absolute Gasteiger partial charge is 0.255 e. The summed E-state index contributed by atoms with van der Waals surface area (Å²) >= 11 is 0. The van der Waals surface area contributed by atoms with Gasteiger partial charge in [-0.3, -0.25) is 4.79 Å². The van der Waals surface area contributed by atoms with Crippen LogP contribution in [0.15, 0.2) is 47.4 Å². The highest BCUT2D eigenvalue weighted by molar-refractivity contribution is 7.92. The predicted octanol–water partition coefficient (Wildman–Crippen LogP) is 3.74. The van der Waals surface area contributed by atoms with Crippen molar-refractivity contribution in [2.75, 3.05) is 5.32 Å². The van der Waals surface area contributed by atoms with Crippen molar-refractivity contribution >= 4 is 21.4 Å². The molecule has 0 atom stereocenters. The van der Waals surface area contributed by atoms with Gasteiger partial charge in [-0.05, 0) is 69.2 Å². The van der Waals surface area contributed by atoms with Crippen LogP contribution in [-0.4, -0.2) is 19.6 Å². The number of rotatable bonds is 4. The molecule has 2 aromatic rings. The van der Waals surface area contributed by atoms with Crippen molar-refractivity contribution in [3.8, 4) is 0 Å². The Morgan fingerprint density at radius 1 is 1.00 bits per heavy atom. The number of carbonyl (C=O) groups is 1. The molecule has 5 heteroatoms. The van der Waals surface area contributed by atoms with Crippen molar-refractivity contribution in [3.05, 3.63) is 59.2 Å². The minimum atomic E-state index is -3.32. The van der Waals surface area contributed by atoms with Crippen LogP contribution >= 0.6 is 0 Å². The third kappa shape index (κ3) is 3.79. The van der Waals surface area contributed by atoms with Crippen molar-refractivity contribution in [3.63, 3.8) is 0 Å². The van der Waals surface area contributed by atoms with E-state index in [-0.39, 0.29) is 10.8 Å². The average Bonchev–Trinajstić information content (AvgIpc) is 2.50. The summed E-state index contributed by atoms with van der Waals surface area (Å²) < 4.78 is 24.2. The van der Waals surface area contributed by atoms with E-state index in [1.165, 1.54) is 24.3 Å².